The van der Waals surface area contributed by atoms with Gasteiger partial charge in [0.05, 0.1) is 12.0 Å². The third-order valence-electron chi connectivity index (χ3n) is 2.98. The van der Waals surface area contributed by atoms with Gasteiger partial charge in [-0.3, -0.25) is 10.1 Å². The average Bonchev–Trinajstić information content (AvgIpc) is 2.52. The summed E-state index contributed by atoms with van der Waals surface area (Å²) in [5, 5.41) is 19.9. The third kappa shape index (κ3) is 3.32. The lowest BCUT2D eigenvalue weighted by Gasteiger charge is -2.11. The minimum absolute atomic E-state index is 0.0203. The molecule has 0 saturated heterocycles. The van der Waals surface area contributed by atoms with Crippen LogP contribution in [-0.2, 0) is 6.61 Å². The van der Waals surface area contributed by atoms with Crippen LogP contribution in [0.15, 0.2) is 42.5 Å². The SMILES string of the molecule is COc1ccc([N+](=O)[O-])cc1COc1ccccc1C(=O)O. The number of aromatic carboxylic acids is 1. The topological polar surface area (TPSA) is 98.9 Å². The Morgan fingerprint density at radius 1 is 1.23 bits per heavy atom. The molecule has 0 unspecified atom stereocenters. The van der Waals surface area contributed by atoms with Crippen LogP contribution in [0.25, 0.3) is 0 Å². The molecule has 114 valence electrons. The fourth-order valence-electron chi connectivity index (χ4n) is 1.92. The van der Waals surface area contributed by atoms with E-state index in [1.165, 1.54) is 37.4 Å². The minimum atomic E-state index is -1.11. The smallest absolute Gasteiger partial charge is 0.339 e. The molecule has 0 heterocycles. The number of methoxy groups -OCH3 is 1. The molecule has 2 aromatic carbocycles. The predicted molar refractivity (Wildman–Crippen MR) is 77.4 cm³/mol. The zero-order valence-electron chi connectivity index (χ0n) is 11.7. The van der Waals surface area contributed by atoms with Crippen LogP contribution in [0.5, 0.6) is 11.5 Å². The molecule has 2 aromatic rings. The molecular formula is C15H13NO6. The average molecular weight is 303 g/mol. The Morgan fingerprint density at radius 2 is 1.95 bits per heavy atom. The van der Waals surface area contributed by atoms with Crippen molar-refractivity contribution in [3.63, 3.8) is 0 Å². The number of carbonyl (C=O) groups is 1. The monoisotopic (exact) mass is 303 g/mol. The summed E-state index contributed by atoms with van der Waals surface area (Å²) in [4.78, 5) is 21.4. The zero-order chi connectivity index (χ0) is 16.1. The van der Waals surface area contributed by atoms with Gasteiger partial charge in [0.25, 0.3) is 5.69 Å². The molecule has 1 N–H and O–H groups in total. The van der Waals surface area contributed by atoms with Crippen molar-refractivity contribution in [3.05, 3.63) is 63.7 Å². The van der Waals surface area contributed by atoms with Crippen molar-refractivity contribution in [3.8, 4) is 11.5 Å². The predicted octanol–water partition coefficient (Wildman–Crippen LogP) is 2.88. The van der Waals surface area contributed by atoms with Gasteiger partial charge in [0.2, 0.25) is 0 Å². The van der Waals surface area contributed by atoms with Gasteiger partial charge >= 0.3 is 5.97 Å². The van der Waals surface area contributed by atoms with E-state index in [1.54, 1.807) is 12.1 Å². The van der Waals surface area contributed by atoms with Gasteiger partial charge in [0, 0.05) is 17.7 Å². The molecule has 0 radical (unpaired) electrons. The first-order valence-corrected chi connectivity index (χ1v) is 6.29. The molecule has 0 aliphatic heterocycles. The quantitative estimate of drug-likeness (QED) is 0.650. The lowest BCUT2D eigenvalue weighted by Crippen LogP contribution is -2.04. The fraction of sp³-hybridized carbons (Fsp3) is 0.133. The van der Waals surface area contributed by atoms with Crippen molar-refractivity contribution < 1.29 is 24.3 Å². The van der Waals surface area contributed by atoms with Crippen LogP contribution in [0.3, 0.4) is 0 Å². The molecule has 0 aromatic heterocycles. The standard InChI is InChI=1S/C15H13NO6/c1-21-13-7-6-11(16(19)20)8-10(13)9-22-14-5-3-2-4-12(14)15(17)18/h2-8H,9H2,1H3,(H,17,18). The van der Waals surface area contributed by atoms with Gasteiger partial charge in [-0.1, -0.05) is 12.1 Å². The first-order chi connectivity index (χ1) is 10.5. The highest BCUT2D eigenvalue weighted by molar-refractivity contribution is 5.90. The Bertz CT molecular complexity index is 713. The molecule has 0 fully saturated rings. The highest BCUT2D eigenvalue weighted by atomic mass is 16.6. The molecule has 7 nitrogen and oxygen atoms in total. The zero-order valence-corrected chi connectivity index (χ0v) is 11.7. The highest BCUT2D eigenvalue weighted by Gasteiger charge is 2.14. The molecule has 7 heteroatoms. The van der Waals surface area contributed by atoms with Crippen LogP contribution < -0.4 is 9.47 Å². The van der Waals surface area contributed by atoms with Crippen molar-refractivity contribution in [2.45, 2.75) is 6.61 Å². The number of nitro benzene ring substituents is 1. The molecule has 0 bridgehead atoms. The Labute approximate surface area is 125 Å². The molecule has 0 amide bonds. The van der Waals surface area contributed by atoms with Crippen LogP contribution >= 0.6 is 0 Å². The molecule has 0 aliphatic rings. The molecule has 0 spiro atoms. The van der Waals surface area contributed by atoms with Gasteiger partial charge in [0.15, 0.2) is 0 Å². The van der Waals surface area contributed by atoms with E-state index >= 15 is 0 Å². The van der Waals surface area contributed by atoms with E-state index in [1.807, 2.05) is 0 Å². The second-order valence-electron chi connectivity index (χ2n) is 4.34. The van der Waals surface area contributed by atoms with Gasteiger partial charge in [0.1, 0.15) is 23.7 Å². The number of carboxylic acids is 1. The number of ether oxygens (including phenoxy) is 2. The summed E-state index contributed by atoms with van der Waals surface area (Å²) >= 11 is 0. The summed E-state index contributed by atoms with van der Waals surface area (Å²) in [6.45, 7) is -0.0465. The lowest BCUT2D eigenvalue weighted by atomic mass is 10.1. The summed E-state index contributed by atoms with van der Waals surface area (Å²) < 4.78 is 10.6. The van der Waals surface area contributed by atoms with Crippen molar-refractivity contribution in [1.82, 2.24) is 0 Å². The largest absolute Gasteiger partial charge is 0.496 e. The number of hydrogen-bond donors (Lipinski definition) is 1. The van der Waals surface area contributed by atoms with E-state index in [-0.39, 0.29) is 23.6 Å². The number of para-hydroxylation sites is 1. The van der Waals surface area contributed by atoms with Crippen molar-refractivity contribution >= 4 is 11.7 Å². The summed E-state index contributed by atoms with van der Waals surface area (Å²) in [5.41, 5.74) is 0.384. The van der Waals surface area contributed by atoms with E-state index in [0.717, 1.165) is 0 Å². The van der Waals surface area contributed by atoms with E-state index in [4.69, 9.17) is 14.6 Å². The van der Waals surface area contributed by atoms with E-state index < -0.39 is 10.9 Å². The number of carboxylic acid groups (broad SMARTS) is 1. The number of non-ortho nitro benzene ring substituents is 1. The number of rotatable bonds is 6. The van der Waals surface area contributed by atoms with Crippen LogP contribution in [0, 0.1) is 10.1 Å². The minimum Gasteiger partial charge on any atom is -0.496 e. The number of nitro groups is 1. The molecular weight excluding hydrogens is 290 g/mol. The second kappa shape index (κ2) is 6.57. The van der Waals surface area contributed by atoms with Gasteiger partial charge in [-0.25, -0.2) is 4.79 Å². The number of hydrogen-bond acceptors (Lipinski definition) is 5. The first-order valence-electron chi connectivity index (χ1n) is 6.29. The van der Waals surface area contributed by atoms with Gasteiger partial charge in [-0.15, -0.1) is 0 Å². The normalized spacial score (nSPS) is 10.0. The summed E-state index contributed by atoms with van der Waals surface area (Å²) in [5.74, 6) is -0.497. The van der Waals surface area contributed by atoms with Gasteiger partial charge < -0.3 is 14.6 Å². The Hall–Kier alpha value is -3.09. The third-order valence-corrected chi connectivity index (χ3v) is 2.98. The van der Waals surface area contributed by atoms with Crippen LogP contribution in [-0.4, -0.2) is 23.1 Å². The Morgan fingerprint density at radius 3 is 2.59 bits per heavy atom. The summed E-state index contributed by atoms with van der Waals surface area (Å²) in [6, 6.07) is 10.3. The molecule has 0 atom stereocenters. The molecule has 22 heavy (non-hydrogen) atoms. The van der Waals surface area contributed by atoms with Crippen LogP contribution in [0.1, 0.15) is 15.9 Å². The Kier molecular flexibility index (Phi) is 4.57. The van der Waals surface area contributed by atoms with E-state index in [2.05, 4.69) is 0 Å². The first kappa shape index (κ1) is 15.3. The van der Waals surface area contributed by atoms with E-state index in [0.29, 0.717) is 11.3 Å². The summed E-state index contributed by atoms with van der Waals surface area (Å²) in [7, 11) is 1.44. The van der Waals surface area contributed by atoms with Crippen molar-refractivity contribution in [2.75, 3.05) is 7.11 Å². The maximum absolute atomic E-state index is 11.1. The lowest BCUT2D eigenvalue weighted by molar-refractivity contribution is -0.385. The number of nitrogens with zero attached hydrogens (tertiary/aromatic N) is 1. The molecule has 0 saturated carbocycles. The Balaban J connectivity index is 2.26. The van der Waals surface area contributed by atoms with Crippen LogP contribution in [0.4, 0.5) is 5.69 Å². The highest BCUT2D eigenvalue weighted by Crippen LogP contribution is 2.26. The van der Waals surface area contributed by atoms with E-state index in [9.17, 15) is 14.9 Å². The maximum Gasteiger partial charge on any atom is 0.339 e. The van der Waals surface area contributed by atoms with Crippen molar-refractivity contribution in [2.24, 2.45) is 0 Å². The molecule has 0 aliphatic carbocycles. The van der Waals surface area contributed by atoms with Crippen molar-refractivity contribution in [1.29, 1.82) is 0 Å². The van der Waals surface area contributed by atoms with Gasteiger partial charge in [-0.2, -0.15) is 0 Å². The number of benzene rings is 2. The fourth-order valence-corrected chi connectivity index (χ4v) is 1.92. The maximum atomic E-state index is 11.1. The van der Waals surface area contributed by atoms with Crippen LogP contribution in [0.2, 0.25) is 0 Å². The molecule has 2 rings (SSSR count). The second-order valence-corrected chi connectivity index (χ2v) is 4.34. The van der Waals surface area contributed by atoms with Gasteiger partial charge in [-0.05, 0) is 18.2 Å². The summed E-state index contributed by atoms with van der Waals surface area (Å²) in [6.07, 6.45) is 0.